The van der Waals surface area contributed by atoms with Crippen molar-refractivity contribution in [2.45, 2.75) is 13.8 Å². The van der Waals surface area contributed by atoms with E-state index < -0.39 is 0 Å². The Kier molecular flexibility index (Phi) is 7.21. The molecule has 0 radical (unpaired) electrons. The summed E-state index contributed by atoms with van der Waals surface area (Å²) < 4.78 is 0. The fourth-order valence-corrected chi connectivity index (χ4v) is 2.54. The second-order valence-electron chi connectivity index (χ2n) is 4.86. The molecule has 0 saturated carbocycles. The number of nitrogens with two attached hydrogens (primary N) is 1. The Bertz CT molecular complexity index is 517. The first-order chi connectivity index (χ1) is 9.56. The number of rotatable bonds is 5. The number of amides is 1. The zero-order valence-corrected chi connectivity index (χ0v) is 13.1. The second-order valence-corrected chi connectivity index (χ2v) is 5.77. The third-order valence-corrected chi connectivity index (χ3v) is 3.64. The number of hydrogen-bond acceptors (Lipinski definition) is 3. The van der Waals surface area contributed by atoms with Crippen LogP contribution in [0.4, 0.5) is 0 Å². The van der Waals surface area contributed by atoms with E-state index in [1.54, 1.807) is 11.8 Å². The number of nitrogens with one attached hydrogen (secondary N) is 1. The van der Waals surface area contributed by atoms with Gasteiger partial charge in [-0.05, 0) is 48.6 Å². The molecule has 0 saturated heterocycles. The van der Waals surface area contributed by atoms with Gasteiger partial charge in [0.05, 0.1) is 6.54 Å². The first-order valence-electron chi connectivity index (χ1n) is 6.64. The van der Waals surface area contributed by atoms with E-state index >= 15 is 0 Å². The standard InChI is InChI=1S/C16H22N2OS/c1-12-7-14(5-4-6-17)9-15(8-12)16(19)18-10-13(2)11-20-3/h7-9,13H,6,10-11,17H2,1-3H3,(H,18,19). The molecule has 1 aromatic carbocycles. The highest BCUT2D eigenvalue weighted by Gasteiger charge is 2.09. The number of benzene rings is 1. The van der Waals surface area contributed by atoms with E-state index in [0.717, 1.165) is 16.9 Å². The molecule has 0 aromatic heterocycles. The Morgan fingerprint density at radius 3 is 2.85 bits per heavy atom. The van der Waals surface area contributed by atoms with Crippen LogP contribution in [0, 0.1) is 24.7 Å². The summed E-state index contributed by atoms with van der Waals surface area (Å²) in [5.41, 5.74) is 7.88. The Morgan fingerprint density at radius 2 is 2.20 bits per heavy atom. The third kappa shape index (κ3) is 5.68. The van der Waals surface area contributed by atoms with Gasteiger partial charge in [-0.15, -0.1) is 0 Å². The van der Waals surface area contributed by atoms with Crippen LogP contribution in [0.3, 0.4) is 0 Å². The van der Waals surface area contributed by atoms with Crippen LogP contribution in [0.25, 0.3) is 0 Å². The van der Waals surface area contributed by atoms with Crippen LogP contribution in [-0.4, -0.2) is 31.0 Å². The van der Waals surface area contributed by atoms with Crippen LogP contribution in [0.2, 0.25) is 0 Å². The van der Waals surface area contributed by atoms with Crippen molar-refractivity contribution in [2.24, 2.45) is 11.7 Å². The minimum absolute atomic E-state index is 0.0440. The van der Waals surface area contributed by atoms with Gasteiger partial charge in [-0.3, -0.25) is 4.79 Å². The molecule has 20 heavy (non-hydrogen) atoms. The van der Waals surface area contributed by atoms with E-state index in [1.807, 2.05) is 25.1 Å². The summed E-state index contributed by atoms with van der Waals surface area (Å²) in [5, 5.41) is 2.97. The number of thioether (sulfide) groups is 1. The van der Waals surface area contributed by atoms with Gasteiger partial charge < -0.3 is 11.1 Å². The quantitative estimate of drug-likeness (QED) is 0.816. The molecule has 4 heteroatoms. The highest BCUT2D eigenvalue weighted by atomic mass is 32.2. The molecule has 0 spiro atoms. The van der Waals surface area contributed by atoms with Gasteiger partial charge in [0.15, 0.2) is 0 Å². The summed E-state index contributed by atoms with van der Waals surface area (Å²) in [6.07, 6.45) is 2.07. The summed E-state index contributed by atoms with van der Waals surface area (Å²) in [7, 11) is 0. The van der Waals surface area contributed by atoms with E-state index in [1.165, 1.54) is 0 Å². The Morgan fingerprint density at radius 1 is 1.45 bits per heavy atom. The smallest absolute Gasteiger partial charge is 0.251 e. The molecule has 0 aliphatic heterocycles. The summed E-state index contributed by atoms with van der Waals surface area (Å²) >= 11 is 1.79. The van der Waals surface area contributed by atoms with Crippen LogP contribution in [0.15, 0.2) is 18.2 Å². The predicted octanol–water partition coefficient (Wildman–Crippen LogP) is 2.03. The molecule has 1 aromatic rings. The molecular formula is C16H22N2OS. The summed E-state index contributed by atoms with van der Waals surface area (Å²) in [6, 6.07) is 5.64. The minimum Gasteiger partial charge on any atom is -0.352 e. The zero-order valence-electron chi connectivity index (χ0n) is 12.3. The molecule has 3 nitrogen and oxygen atoms in total. The highest BCUT2D eigenvalue weighted by Crippen LogP contribution is 2.10. The lowest BCUT2D eigenvalue weighted by Gasteiger charge is -2.11. The molecule has 0 heterocycles. The molecule has 1 atom stereocenters. The molecule has 0 aliphatic rings. The van der Waals surface area contributed by atoms with Crippen molar-refractivity contribution in [1.82, 2.24) is 5.32 Å². The van der Waals surface area contributed by atoms with Crippen molar-refractivity contribution in [3.05, 3.63) is 34.9 Å². The second kappa shape index (κ2) is 8.68. The van der Waals surface area contributed by atoms with Crippen molar-refractivity contribution >= 4 is 17.7 Å². The molecule has 1 amide bonds. The SMILES string of the molecule is CSCC(C)CNC(=O)c1cc(C)cc(C#CCN)c1. The van der Waals surface area contributed by atoms with Gasteiger partial charge >= 0.3 is 0 Å². The van der Waals surface area contributed by atoms with E-state index in [9.17, 15) is 4.79 Å². The van der Waals surface area contributed by atoms with Gasteiger partial charge in [0, 0.05) is 17.7 Å². The average molecular weight is 290 g/mol. The average Bonchev–Trinajstić information content (AvgIpc) is 2.42. The fraction of sp³-hybridized carbons (Fsp3) is 0.438. The van der Waals surface area contributed by atoms with E-state index in [4.69, 9.17) is 5.73 Å². The van der Waals surface area contributed by atoms with Crippen molar-refractivity contribution in [3.63, 3.8) is 0 Å². The Labute approximate surface area is 125 Å². The summed E-state index contributed by atoms with van der Waals surface area (Å²) in [6.45, 7) is 5.10. The first-order valence-corrected chi connectivity index (χ1v) is 8.04. The van der Waals surface area contributed by atoms with Crippen molar-refractivity contribution < 1.29 is 4.79 Å². The normalized spacial score (nSPS) is 11.4. The number of carbonyl (C=O) groups is 1. The van der Waals surface area contributed by atoms with Gasteiger partial charge in [-0.2, -0.15) is 11.8 Å². The fourth-order valence-electron chi connectivity index (χ4n) is 1.85. The first kappa shape index (κ1) is 16.6. The van der Waals surface area contributed by atoms with Crippen LogP contribution < -0.4 is 11.1 Å². The van der Waals surface area contributed by atoms with Gasteiger partial charge in [0.25, 0.3) is 5.91 Å². The summed E-state index contributed by atoms with van der Waals surface area (Å²) in [5.74, 6) is 7.24. The maximum Gasteiger partial charge on any atom is 0.251 e. The van der Waals surface area contributed by atoms with Gasteiger partial charge in [0.1, 0.15) is 0 Å². The maximum absolute atomic E-state index is 12.1. The molecule has 3 N–H and O–H groups in total. The Balaban J connectivity index is 2.75. The molecule has 1 unspecified atom stereocenters. The molecule has 1 rings (SSSR count). The van der Waals surface area contributed by atoms with Crippen LogP contribution in [-0.2, 0) is 0 Å². The van der Waals surface area contributed by atoms with Gasteiger partial charge in [-0.25, -0.2) is 0 Å². The van der Waals surface area contributed by atoms with Crippen molar-refractivity contribution in [3.8, 4) is 11.8 Å². The number of hydrogen-bond donors (Lipinski definition) is 2. The van der Waals surface area contributed by atoms with E-state index in [2.05, 4.69) is 30.3 Å². The van der Waals surface area contributed by atoms with Crippen molar-refractivity contribution in [1.29, 1.82) is 0 Å². The molecule has 0 bridgehead atoms. The molecule has 0 aliphatic carbocycles. The zero-order chi connectivity index (χ0) is 15.0. The number of carbonyl (C=O) groups excluding carboxylic acids is 1. The lowest BCUT2D eigenvalue weighted by atomic mass is 10.1. The van der Waals surface area contributed by atoms with Gasteiger partial charge in [0.2, 0.25) is 0 Å². The molecular weight excluding hydrogens is 268 g/mol. The van der Waals surface area contributed by atoms with Crippen LogP contribution >= 0.6 is 11.8 Å². The predicted molar refractivity (Wildman–Crippen MR) is 87.0 cm³/mol. The Hall–Kier alpha value is -1.44. The molecule has 108 valence electrons. The lowest BCUT2D eigenvalue weighted by Crippen LogP contribution is -2.29. The minimum atomic E-state index is -0.0440. The van der Waals surface area contributed by atoms with Crippen molar-refractivity contribution in [2.75, 3.05) is 25.1 Å². The van der Waals surface area contributed by atoms with E-state index in [0.29, 0.717) is 24.6 Å². The number of aryl methyl sites for hydroxylation is 1. The third-order valence-electron chi connectivity index (χ3n) is 2.74. The van der Waals surface area contributed by atoms with Crippen LogP contribution in [0.5, 0.6) is 0 Å². The van der Waals surface area contributed by atoms with E-state index in [-0.39, 0.29) is 5.91 Å². The summed E-state index contributed by atoms with van der Waals surface area (Å²) in [4.78, 5) is 12.1. The largest absolute Gasteiger partial charge is 0.352 e. The van der Waals surface area contributed by atoms with Gasteiger partial charge in [-0.1, -0.05) is 18.8 Å². The monoisotopic (exact) mass is 290 g/mol. The lowest BCUT2D eigenvalue weighted by molar-refractivity contribution is 0.0949. The molecule has 0 fully saturated rings. The van der Waals surface area contributed by atoms with Crippen LogP contribution in [0.1, 0.15) is 28.4 Å². The maximum atomic E-state index is 12.1. The highest BCUT2D eigenvalue weighted by molar-refractivity contribution is 7.98. The topological polar surface area (TPSA) is 55.1 Å².